The quantitative estimate of drug-likeness (QED) is 0.350. The predicted molar refractivity (Wildman–Crippen MR) is 145 cm³/mol. The molecule has 0 aromatic heterocycles. The Bertz CT molecular complexity index is 1060. The van der Waals surface area contributed by atoms with E-state index in [0.29, 0.717) is 19.3 Å². The normalized spacial score (nSPS) is 16.6. The van der Waals surface area contributed by atoms with Crippen molar-refractivity contribution < 1.29 is 27.6 Å². The molecule has 0 fully saturated rings. The Morgan fingerprint density at radius 1 is 1.16 bits per heavy atom. The number of ether oxygens (including phenoxy) is 1. The molecule has 0 spiro atoms. The van der Waals surface area contributed by atoms with Crippen molar-refractivity contribution >= 4 is 21.9 Å². The van der Waals surface area contributed by atoms with Gasteiger partial charge in [0.25, 0.3) is 0 Å². The van der Waals surface area contributed by atoms with Gasteiger partial charge in [-0.15, -0.1) is 0 Å². The van der Waals surface area contributed by atoms with Crippen LogP contribution in [0.5, 0.6) is 0 Å². The van der Waals surface area contributed by atoms with Gasteiger partial charge in [-0.1, -0.05) is 63.3 Å². The Balaban J connectivity index is 2.28. The van der Waals surface area contributed by atoms with E-state index in [1.807, 2.05) is 51.1 Å². The largest absolute Gasteiger partial charge is 0.444 e. The van der Waals surface area contributed by atoms with E-state index in [4.69, 9.17) is 9.57 Å². The molecule has 1 aromatic rings. The van der Waals surface area contributed by atoms with Gasteiger partial charge in [0, 0.05) is 13.0 Å². The van der Waals surface area contributed by atoms with Crippen molar-refractivity contribution in [2.75, 3.05) is 13.1 Å². The third-order valence-electron chi connectivity index (χ3n) is 6.25. The van der Waals surface area contributed by atoms with Crippen LogP contribution in [-0.4, -0.2) is 48.7 Å². The molecule has 0 heterocycles. The molecule has 1 N–H and O–H groups in total. The smallest absolute Gasteiger partial charge is 0.407 e. The Kier molecular flexibility index (Phi) is 11.4. The molecule has 1 aliphatic rings. The van der Waals surface area contributed by atoms with Crippen molar-refractivity contribution in [1.82, 2.24) is 9.79 Å². The molecular formula is C28H42N2O6S. The molecule has 8 nitrogen and oxygen atoms in total. The van der Waals surface area contributed by atoms with Gasteiger partial charge in [-0.05, 0) is 68.0 Å². The second kappa shape index (κ2) is 13.8. The van der Waals surface area contributed by atoms with Crippen molar-refractivity contribution in [3.05, 3.63) is 59.9 Å². The average Bonchev–Trinajstić information content (AvgIpc) is 2.83. The number of hydrogen-bond acceptors (Lipinski definition) is 6. The van der Waals surface area contributed by atoms with Crippen LogP contribution < -0.4 is 5.32 Å². The molecule has 0 bridgehead atoms. The second-order valence-corrected chi connectivity index (χ2v) is 12.6. The zero-order valence-electron chi connectivity index (χ0n) is 22.9. The zero-order chi connectivity index (χ0) is 27.6. The lowest BCUT2D eigenvalue weighted by molar-refractivity contribution is -0.125. The average molecular weight is 535 g/mol. The molecule has 206 valence electrons. The highest BCUT2D eigenvalue weighted by molar-refractivity contribution is 7.89. The van der Waals surface area contributed by atoms with Crippen LogP contribution in [0.1, 0.15) is 66.4 Å². The number of aryl methyl sites for hydroxylation is 1. The molecule has 0 saturated carbocycles. The number of allylic oxidation sites excluding steroid dienone is 4. The van der Waals surface area contributed by atoms with Gasteiger partial charge in [0.05, 0.1) is 11.8 Å². The minimum absolute atomic E-state index is 0.0219. The number of carbonyl (C=O) groups is 2. The number of nitrogens with zero attached hydrogens (tertiary/aromatic N) is 1. The minimum Gasteiger partial charge on any atom is -0.444 e. The number of amides is 1. The number of hydrogen-bond donors (Lipinski definition) is 1. The fraction of sp³-hybridized carbons (Fsp3) is 0.571. The van der Waals surface area contributed by atoms with Crippen molar-refractivity contribution in [1.29, 1.82) is 0 Å². The van der Waals surface area contributed by atoms with Crippen molar-refractivity contribution in [3.63, 3.8) is 0 Å². The van der Waals surface area contributed by atoms with E-state index in [0.717, 1.165) is 10.0 Å². The summed E-state index contributed by atoms with van der Waals surface area (Å²) in [6, 6.07) is 9.72. The van der Waals surface area contributed by atoms with Crippen LogP contribution in [0.15, 0.2) is 54.3 Å². The van der Waals surface area contributed by atoms with Crippen LogP contribution in [0.25, 0.3) is 0 Å². The van der Waals surface area contributed by atoms with Gasteiger partial charge in [-0.25, -0.2) is 13.2 Å². The van der Waals surface area contributed by atoms with Crippen LogP contribution in [-0.2, 0) is 30.8 Å². The van der Waals surface area contributed by atoms with Gasteiger partial charge in [-0.3, -0.25) is 4.79 Å². The van der Waals surface area contributed by atoms with Crippen molar-refractivity contribution in [3.8, 4) is 0 Å². The summed E-state index contributed by atoms with van der Waals surface area (Å²) >= 11 is 0. The summed E-state index contributed by atoms with van der Waals surface area (Å²) in [5.41, 5.74) is 0.409. The summed E-state index contributed by atoms with van der Waals surface area (Å²) < 4.78 is 34.4. The minimum atomic E-state index is -3.98. The first-order valence-corrected chi connectivity index (χ1v) is 14.5. The van der Waals surface area contributed by atoms with E-state index >= 15 is 0 Å². The molecule has 0 aliphatic heterocycles. The van der Waals surface area contributed by atoms with Gasteiger partial charge in [0.15, 0.2) is 5.76 Å². The van der Waals surface area contributed by atoms with Gasteiger partial charge >= 0.3 is 6.09 Å². The van der Waals surface area contributed by atoms with Gasteiger partial charge in [-0.2, -0.15) is 0 Å². The fourth-order valence-electron chi connectivity index (χ4n) is 4.02. The third-order valence-corrected chi connectivity index (χ3v) is 8.50. The molecule has 37 heavy (non-hydrogen) atoms. The SMILES string of the molecule is CCCN(OC1=CC=CCC1=O)S(=O)(=O)[C@@H](CCc1ccccc1)C(C)C(C)CNC(=O)OC(C)(C)C. The van der Waals surface area contributed by atoms with Crippen LogP contribution >= 0.6 is 0 Å². The third kappa shape index (κ3) is 9.63. The van der Waals surface area contributed by atoms with Crippen LogP contribution in [0.4, 0.5) is 4.79 Å². The Hall–Kier alpha value is -2.65. The molecule has 3 atom stereocenters. The van der Waals surface area contributed by atoms with Crippen LogP contribution in [0.2, 0.25) is 0 Å². The van der Waals surface area contributed by atoms with E-state index in [1.54, 1.807) is 32.9 Å². The van der Waals surface area contributed by atoms with E-state index in [1.165, 1.54) is 6.08 Å². The molecule has 1 aromatic carbocycles. The van der Waals surface area contributed by atoms with E-state index < -0.39 is 27.0 Å². The molecule has 2 rings (SSSR count). The van der Waals surface area contributed by atoms with Crippen LogP contribution in [0.3, 0.4) is 0 Å². The summed E-state index contributed by atoms with van der Waals surface area (Å²) in [4.78, 5) is 30.2. The maximum atomic E-state index is 14.0. The standard InChI is InChI=1S/C28H42N2O6S/c1-7-19-30(36-25-16-12-11-15-24(25)31)37(33,34)26(18-17-23-13-9-8-10-14-23)22(3)21(2)20-29-27(32)35-28(4,5)6/h8-14,16,21-22,26H,7,15,17-20H2,1-6H3,(H,29,32)/t21?,22?,26-/m0/s1. The highest BCUT2D eigenvalue weighted by Crippen LogP contribution is 2.29. The second-order valence-electron chi connectivity index (χ2n) is 10.5. The maximum Gasteiger partial charge on any atom is 0.407 e. The maximum absolute atomic E-state index is 14.0. The number of sulfonamides is 1. The van der Waals surface area contributed by atoms with E-state index in [2.05, 4.69) is 5.32 Å². The zero-order valence-corrected chi connectivity index (χ0v) is 23.7. The molecular weight excluding hydrogens is 492 g/mol. The molecule has 9 heteroatoms. The molecule has 1 aliphatic carbocycles. The topological polar surface area (TPSA) is 102 Å². The lowest BCUT2D eigenvalue weighted by Gasteiger charge is -2.33. The number of Topliss-reactive ketones (excluding diaryl/α,β-unsaturated/α-hetero) is 1. The fourth-order valence-corrected chi connectivity index (χ4v) is 6.17. The Morgan fingerprint density at radius 3 is 2.43 bits per heavy atom. The summed E-state index contributed by atoms with van der Waals surface area (Å²) in [7, 11) is -3.98. The Labute approximate surface area is 222 Å². The number of carbonyl (C=O) groups excluding carboxylic acids is 2. The number of nitrogens with one attached hydrogen (secondary N) is 1. The highest BCUT2D eigenvalue weighted by atomic mass is 32.2. The lowest BCUT2D eigenvalue weighted by atomic mass is 9.89. The van der Waals surface area contributed by atoms with Crippen molar-refractivity contribution in [2.45, 2.75) is 78.1 Å². The number of ketones is 1. The number of rotatable bonds is 13. The first kappa shape index (κ1) is 30.6. The summed E-state index contributed by atoms with van der Waals surface area (Å²) in [6.45, 7) is 11.4. The number of benzene rings is 1. The van der Waals surface area contributed by atoms with E-state index in [9.17, 15) is 18.0 Å². The number of hydroxylamine groups is 1. The van der Waals surface area contributed by atoms with Gasteiger partial charge in [0.2, 0.25) is 15.8 Å². The summed E-state index contributed by atoms with van der Waals surface area (Å²) in [5, 5.41) is 1.96. The molecule has 0 saturated heterocycles. The molecule has 2 unspecified atom stereocenters. The first-order chi connectivity index (χ1) is 17.3. The van der Waals surface area contributed by atoms with Gasteiger partial charge in [0.1, 0.15) is 5.60 Å². The lowest BCUT2D eigenvalue weighted by Crippen LogP contribution is -2.45. The Morgan fingerprint density at radius 2 is 1.84 bits per heavy atom. The predicted octanol–water partition coefficient (Wildman–Crippen LogP) is 5.17. The van der Waals surface area contributed by atoms with E-state index in [-0.39, 0.29) is 42.9 Å². The van der Waals surface area contributed by atoms with Crippen molar-refractivity contribution in [2.24, 2.45) is 11.8 Å². The van der Waals surface area contributed by atoms with Crippen LogP contribution in [0, 0.1) is 11.8 Å². The number of alkyl carbamates (subject to hydrolysis) is 1. The first-order valence-electron chi connectivity index (χ1n) is 13.0. The molecule has 1 amide bonds. The monoisotopic (exact) mass is 534 g/mol. The summed E-state index contributed by atoms with van der Waals surface area (Å²) in [6.07, 6.45) is 5.97. The highest BCUT2D eigenvalue weighted by Gasteiger charge is 2.39. The molecule has 0 radical (unpaired) electrons. The summed E-state index contributed by atoms with van der Waals surface area (Å²) in [5.74, 6) is -0.746. The van der Waals surface area contributed by atoms with Gasteiger partial charge < -0.3 is 14.9 Å².